The maximum atomic E-state index is 4.43. The van der Waals surface area contributed by atoms with Crippen molar-refractivity contribution in [1.82, 2.24) is 25.3 Å². The van der Waals surface area contributed by atoms with Gasteiger partial charge in [0.25, 0.3) is 0 Å². The predicted octanol–water partition coefficient (Wildman–Crippen LogP) is 3.27. The molecule has 7 heteroatoms. The summed E-state index contributed by atoms with van der Waals surface area (Å²) in [6.07, 6.45) is 2.41. The van der Waals surface area contributed by atoms with Crippen LogP contribution in [0.4, 0.5) is 0 Å². The zero-order valence-corrected chi connectivity index (χ0v) is 22.5. The molecule has 1 fully saturated rings. The summed E-state index contributed by atoms with van der Waals surface area (Å²) in [7, 11) is 1.86. The molecule has 178 valence electrons. The molecule has 1 aromatic carbocycles. The second kappa shape index (κ2) is 16.7. The molecule has 1 heterocycles. The monoisotopic (exact) mass is 544 g/mol. The minimum absolute atomic E-state index is 0. The van der Waals surface area contributed by atoms with Crippen molar-refractivity contribution in [3.63, 3.8) is 0 Å². The quantitative estimate of drug-likeness (QED) is 0.183. The number of aliphatic imine (C=N–C) groups is 1. The maximum absolute atomic E-state index is 4.43. The summed E-state index contributed by atoms with van der Waals surface area (Å²) in [5.74, 6) is 0.902. The van der Waals surface area contributed by atoms with Gasteiger partial charge in [-0.1, -0.05) is 51.1 Å². The van der Waals surface area contributed by atoms with E-state index in [4.69, 9.17) is 0 Å². The van der Waals surface area contributed by atoms with Crippen molar-refractivity contribution < 1.29 is 0 Å². The average molecular weight is 545 g/mol. The van der Waals surface area contributed by atoms with Crippen LogP contribution in [0, 0.1) is 0 Å². The Morgan fingerprint density at radius 3 is 2.19 bits per heavy atom. The van der Waals surface area contributed by atoms with Crippen LogP contribution < -0.4 is 10.6 Å². The van der Waals surface area contributed by atoms with Crippen molar-refractivity contribution in [3.05, 3.63) is 35.9 Å². The largest absolute Gasteiger partial charge is 0.356 e. The lowest BCUT2D eigenvalue weighted by atomic mass is 10.1. The van der Waals surface area contributed by atoms with Crippen LogP contribution >= 0.6 is 24.0 Å². The molecular weight excluding hydrogens is 499 g/mol. The van der Waals surface area contributed by atoms with Crippen molar-refractivity contribution in [1.29, 1.82) is 0 Å². The molecule has 1 unspecified atom stereocenters. The molecule has 1 aliphatic rings. The first-order valence-corrected chi connectivity index (χ1v) is 11.9. The number of likely N-dealkylation sites (N-methyl/N-ethyl adjacent to an activating group) is 2. The van der Waals surface area contributed by atoms with E-state index in [9.17, 15) is 0 Å². The molecule has 31 heavy (non-hydrogen) atoms. The molecular formula is C24H45IN6. The van der Waals surface area contributed by atoms with Gasteiger partial charge in [-0.2, -0.15) is 0 Å². The van der Waals surface area contributed by atoms with Gasteiger partial charge in [0.2, 0.25) is 0 Å². The van der Waals surface area contributed by atoms with Crippen LogP contribution in [0.5, 0.6) is 0 Å². The molecule has 0 bridgehead atoms. The van der Waals surface area contributed by atoms with Crippen LogP contribution in [0.2, 0.25) is 0 Å². The number of nitrogens with zero attached hydrogens (tertiary/aromatic N) is 4. The van der Waals surface area contributed by atoms with E-state index in [1.165, 1.54) is 57.7 Å². The van der Waals surface area contributed by atoms with Crippen molar-refractivity contribution in [2.45, 2.75) is 39.7 Å². The van der Waals surface area contributed by atoms with Crippen molar-refractivity contribution in [2.75, 3.05) is 72.5 Å². The number of piperazine rings is 1. The molecule has 1 aliphatic heterocycles. The molecule has 6 nitrogen and oxygen atoms in total. The zero-order chi connectivity index (χ0) is 21.6. The van der Waals surface area contributed by atoms with Gasteiger partial charge in [0, 0.05) is 46.3 Å². The Morgan fingerprint density at radius 1 is 0.968 bits per heavy atom. The Hall–Kier alpha value is -0.900. The number of guanidine groups is 1. The molecule has 1 aromatic rings. The lowest BCUT2D eigenvalue weighted by Gasteiger charge is -2.34. The highest BCUT2D eigenvalue weighted by Gasteiger charge is 2.18. The Balaban J connectivity index is 0.00000480. The number of halogens is 1. The van der Waals surface area contributed by atoms with E-state index in [0.29, 0.717) is 6.04 Å². The van der Waals surface area contributed by atoms with Crippen molar-refractivity contribution in [2.24, 2.45) is 4.99 Å². The number of nitrogens with one attached hydrogen (secondary N) is 2. The Kier molecular flexibility index (Phi) is 15.2. The summed E-state index contributed by atoms with van der Waals surface area (Å²) in [6.45, 7) is 17.9. The first-order valence-electron chi connectivity index (χ1n) is 11.9. The van der Waals surface area contributed by atoms with Gasteiger partial charge in [0.15, 0.2) is 5.96 Å². The third-order valence-electron chi connectivity index (χ3n) is 6.23. The van der Waals surface area contributed by atoms with Crippen LogP contribution in [0.25, 0.3) is 0 Å². The molecule has 0 spiro atoms. The van der Waals surface area contributed by atoms with Crippen LogP contribution in [-0.4, -0.2) is 93.2 Å². The zero-order valence-electron chi connectivity index (χ0n) is 20.1. The van der Waals surface area contributed by atoms with Gasteiger partial charge in [-0.25, -0.2) is 0 Å². The topological polar surface area (TPSA) is 46.1 Å². The van der Waals surface area contributed by atoms with E-state index in [-0.39, 0.29) is 24.0 Å². The highest BCUT2D eigenvalue weighted by Crippen LogP contribution is 2.19. The molecule has 2 N–H and O–H groups in total. The number of rotatable bonds is 12. The summed E-state index contributed by atoms with van der Waals surface area (Å²) in [5.41, 5.74) is 1.35. The molecule has 0 aliphatic carbocycles. The molecule has 2 rings (SSSR count). The lowest BCUT2D eigenvalue weighted by Crippen LogP contribution is -2.46. The summed E-state index contributed by atoms with van der Waals surface area (Å²) < 4.78 is 0. The third kappa shape index (κ3) is 10.1. The van der Waals surface area contributed by atoms with Crippen LogP contribution in [-0.2, 0) is 0 Å². The molecule has 0 radical (unpaired) electrons. The maximum Gasteiger partial charge on any atom is 0.191 e. The summed E-state index contributed by atoms with van der Waals surface area (Å²) in [5, 5.41) is 7.05. The molecule has 1 atom stereocenters. The minimum Gasteiger partial charge on any atom is -0.356 e. The number of benzene rings is 1. The SMILES string of the molecule is CCN1CCN(CCCCNC(=NC)NCC(c2ccccc2)N(CC)CC)CC1.I. The molecule has 0 saturated carbocycles. The van der Waals surface area contributed by atoms with Gasteiger partial charge in [0.1, 0.15) is 0 Å². The van der Waals surface area contributed by atoms with Crippen LogP contribution in [0.15, 0.2) is 35.3 Å². The van der Waals surface area contributed by atoms with E-state index in [1.54, 1.807) is 0 Å². The molecule has 1 saturated heterocycles. The van der Waals surface area contributed by atoms with Crippen LogP contribution in [0.3, 0.4) is 0 Å². The van der Waals surface area contributed by atoms with Gasteiger partial charge >= 0.3 is 0 Å². The van der Waals surface area contributed by atoms with E-state index >= 15 is 0 Å². The minimum atomic E-state index is 0. The van der Waals surface area contributed by atoms with Crippen molar-refractivity contribution >= 4 is 29.9 Å². The second-order valence-electron chi connectivity index (χ2n) is 8.01. The first-order chi connectivity index (χ1) is 14.7. The molecule has 0 aromatic heterocycles. The smallest absolute Gasteiger partial charge is 0.191 e. The van der Waals surface area contributed by atoms with E-state index in [0.717, 1.165) is 32.1 Å². The fourth-order valence-corrected chi connectivity index (χ4v) is 4.21. The predicted molar refractivity (Wildman–Crippen MR) is 145 cm³/mol. The summed E-state index contributed by atoms with van der Waals surface area (Å²) in [6, 6.07) is 11.1. The van der Waals surface area contributed by atoms with Crippen LogP contribution in [0.1, 0.15) is 45.2 Å². The van der Waals surface area contributed by atoms with Gasteiger partial charge in [-0.15, -0.1) is 24.0 Å². The fourth-order valence-electron chi connectivity index (χ4n) is 4.21. The summed E-state index contributed by atoms with van der Waals surface area (Å²) in [4.78, 5) is 12.1. The highest BCUT2D eigenvalue weighted by molar-refractivity contribution is 14.0. The Labute approximate surface area is 207 Å². The van der Waals surface area contributed by atoms with E-state index < -0.39 is 0 Å². The number of unbranched alkanes of at least 4 members (excludes halogenated alkanes) is 1. The number of hydrogen-bond donors (Lipinski definition) is 2. The standard InChI is InChI=1S/C24H44N6.HI/c1-5-28-17-19-29(20-18-28)16-12-11-15-26-24(25-4)27-21-23(30(6-2)7-3)22-13-9-8-10-14-22;/h8-10,13-14,23H,5-7,11-12,15-21H2,1-4H3,(H2,25,26,27);1H. The second-order valence-corrected chi connectivity index (χ2v) is 8.01. The van der Waals surface area contributed by atoms with Gasteiger partial charge < -0.3 is 20.4 Å². The molecule has 0 amide bonds. The van der Waals surface area contributed by atoms with Gasteiger partial charge in [0.05, 0.1) is 6.04 Å². The Bertz CT molecular complexity index is 585. The normalized spacial score (nSPS) is 16.7. The fraction of sp³-hybridized carbons (Fsp3) is 0.708. The summed E-state index contributed by atoms with van der Waals surface area (Å²) >= 11 is 0. The van der Waals surface area contributed by atoms with E-state index in [1.807, 2.05) is 7.05 Å². The third-order valence-corrected chi connectivity index (χ3v) is 6.23. The average Bonchev–Trinajstić information content (AvgIpc) is 2.81. The van der Waals surface area contributed by atoms with E-state index in [2.05, 4.69) is 81.4 Å². The van der Waals surface area contributed by atoms with Crippen molar-refractivity contribution in [3.8, 4) is 0 Å². The highest BCUT2D eigenvalue weighted by atomic mass is 127. The Morgan fingerprint density at radius 2 is 1.61 bits per heavy atom. The first kappa shape index (κ1) is 28.1. The van der Waals surface area contributed by atoms with Gasteiger partial charge in [-0.3, -0.25) is 9.89 Å². The number of hydrogen-bond acceptors (Lipinski definition) is 4. The van der Waals surface area contributed by atoms with Gasteiger partial charge in [-0.05, 0) is 44.6 Å². The lowest BCUT2D eigenvalue weighted by molar-refractivity contribution is 0.136.